The normalized spacial score (nSPS) is 21.0. The van der Waals surface area contributed by atoms with Gasteiger partial charge in [0.15, 0.2) is 0 Å². The molecule has 12 heavy (non-hydrogen) atoms. The summed E-state index contributed by atoms with van der Waals surface area (Å²) in [5.41, 5.74) is 2.19. The topological polar surface area (TPSA) is 25.4 Å². The number of epoxide rings is 1. The molecule has 0 amide bonds. The maximum atomic E-state index is 5.80. The lowest BCUT2D eigenvalue weighted by Crippen LogP contribution is -1.94. The van der Waals surface area contributed by atoms with Crippen LogP contribution in [0.5, 0.6) is 0 Å². The molecule has 1 aromatic rings. The Morgan fingerprint density at radius 2 is 2.42 bits per heavy atom. The highest BCUT2D eigenvalue weighted by molar-refractivity contribution is 6.29. The highest BCUT2D eigenvalue weighted by Crippen LogP contribution is 2.18. The number of aryl methyl sites for hydroxylation is 1. The lowest BCUT2D eigenvalue weighted by Gasteiger charge is -2.00. The fraction of sp³-hybridized carbons (Fsp3) is 0.444. The molecule has 2 rings (SSSR count). The zero-order valence-electron chi connectivity index (χ0n) is 6.88. The van der Waals surface area contributed by atoms with Gasteiger partial charge in [-0.25, -0.2) is 4.98 Å². The summed E-state index contributed by atoms with van der Waals surface area (Å²) in [5.74, 6) is 0. The van der Waals surface area contributed by atoms with Gasteiger partial charge in [-0.3, -0.25) is 0 Å². The summed E-state index contributed by atoms with van der Waals surface area (Å²) in [7, 11) is 0. The second kappa shape index (κ2) is 3.04. The maximum Gasteiger partial charge on any atom is 0.129 e. The van der Waals surface area contributed by atoms with Crippen molar-refractivity contribution in [2.24, 2.45) is 0 Å². The zero-order valence-corrected chi connectivity index (χ0v) is 7.64. The average molecular weight is 184 g/mol. The number of hydrogen-bond donors (Lipinski definition) is 0. The van der Waals surface area contributed by atoms with Gasteiger partial charge in [-0.1, -0.05) is 11.6 Å². The summed E-state index contributed by atoms with van der Waals surface area (Å²) in [6, 6.07) is 3.95. The van der Waals surface area contributed by atoms with Crippen LogP contribution in [0.15, 0.2) is 12.1 Å². The van der Waals surface area contributed by atoms with Crippen LogP contribution < -0.4 is 0 Å². The lowest BCUT2D eigenvalue weighted by atomic mass is 10.1. The Labute approximate surface area is 76.5 Å². The standard InChI is InChI=1S/C9H10ClNO/c1-6-2-7(3-8-5-12-8)4-9(10)11-6/h2,4,8H,3,5H2,1H3. The van der Waals surface area contributed by atoms with Crippen LogP contribution in [-0.4, -0.2) is 17.7 Å². The number of ether oxygens (including phenoxy) is 1. The monoisotopic (exact) mass is 183 g/mol. The van der Waals surface area contributed by atoms with Gasteiger partial charge in [-0.2, -0.15) is 0 Å². The predicted octanol–water partition coefficient (Wildman–Crippen LogP) is 1.98. The van der Waals surface area contributed by atoms with Crippen molar-refractivity contribution < 1.29 is 4.74 Å². The summed E-state index contributed by atoms with van der Waals surface area (Å²) < 4.78 is 5.13. The molecule has 0 bridgehead atoms. The molecular weight excluding hydrogens is 174 g/mol. The van der Waals surface area contributed by atoms with Crippen molar-refractivity contribution >= 4 is 11.6 Å². The van der Waals surface area contributed by atoms with E-state index in [1.54, 1.807) is 0 Å². The summed E-state index contributed by atoms with van der Waals surface area (Å²) >= 11 is 5.80. The molecule has 1 atom stereocenters. The molecule has 1 fully saturated rings. The average Bonchev–Trinajstić information content (AvgIpc) is 2.68. The van der Waals surface area contributed by atoms with Gasteiger partial charge in [0.05, 0.1) is 12.7 Å². The summed E-state index contributed by atoms with van der Waals surface area (Å²) in [6.07, 6.45) is 1.38. The summed E-state index contributed by atoms with van der Waals surface area (Å²) in [6.45, 7) is 2.84. The molecule has 0 N–H and O–H groups in total. The van der Waals surface area contributed by atoms with Crippen LogP contribution >= 0.6 is 11.6 Å². The first kappa shape index (κ1) is 8.02. The lowest BCUT2D eigenvalue weighted by molar-refractivity contribution is 0.407. The van der Waals surface area contributed by atoms with Gasteiger partial charge in [-0.15, -0.1) is 0 Å². The van der Waals surface area contributed by atoms with Crippen LogP contribution in [0.1, 0.15) is 11.3 Å². The van der Waals surface area contributed by atoms with Gasteiger partial charge < -0.3 is 4.74 Å². The van der Waals surface area contributed by atoms with Crippen LogP contribution in [-0.2, 0) is 11.2 Å². The van der Waals surface area contributed by atoms with Gasteiger partial charge >= 0.3 is 0 Å². The van der Waals surface area contributed by atoms with E-state index < -0.39 is 0 Å². The number of hydrogen-bond acceptors (Lipinski definition) is 2. The Bertz CT molecular complexity index is 276. The largest absolute Gasteiger partial charge is 0.373 e. The van der Waals surface area contributed by atoms with E-state index in [-0.39, 0.29) is 0 Å². The third-order valence-electron chi connectivity index (χ3n) is 1.85. The first-order valence-corrected chi connectivity index (χ1v) is 4.36. The van der Waals surface area contributed by atoms with Crippen LogP contribution in [0.4, 0.5) is 0 Å². The van der Waals surface area contributed by atoms with Gasteiger partial charge in [0.25, 0.3) is 0 Å². The molecule has 0 aliphatic carbocycles. The van der Waals surface area contributed by atoms with Crippen molar-refractivity contribution in [2.75, 3.05) is 6.61 Å². The number of rotatable bonds is 2. The zero-order chi connectivity index (χ0) is 8.55. The summed E-state index contributed by atoms with van der Waals surface area (Å²) in [5, 5.41) is 0.575. The minimum atomic E-state index is 0.419. The van der Waals surface area contributed by atoms with Crippen molar-refractivity contribution in [1.29, 1.82) is 0 Å². The molecule has 0 radical (unpaired) electrons. The Morgan fingerprint density at radius 3 is 3.00 bits per heavy atom. The quantitative estimate of drug-likeness (QED) is 0.518. The third-order valence-corrected chi connectivity index (χ3v) is 2.04. The third kappa shape index (κ3) is 1.96. The van der Waals surface area contributed by atoms with Crippen LogP contribution in [0.25, 0.3) is 0 Å². The molecule has 0 spiro atoms. The van der Waals surface area contributed by atoms with E-state index in [0.29, 0.717) is 11.3 Å². The van der Waals surface area contributed by atoms with Gasteiger partial charge in [0, 0.05) is 12.1 Å². The molecular formula is C9H10ClNO. The van der Waals surface area contributed by atoms with Crippen LogP contribution in [0, 0.1) is 6.92 Å². The van der Waals surface area contributed by atoms with Gasteiger partial charge in [0.2, 0.25) is 0 Å². The van der Waals surface area contributed by atoms with E-state index in [2.05, 4.69) is 4.98 Å². The second-order valence-electron chi connectivity index (χ2n) is 3.10. The fourth-order valence-electron chi connectivity index (χ4n) is 1.26. The molecule has 2 nitrogen and oxygen atoms in total. The maximum absolute atomic E-state index is 5.80. The van der Waals surface area contributed by atoms with E-state index in [4.69, 9.17) is 16.3 Å². The molecule has 64 valence electrons. The number of nitrogens with zero attached hydrogens (tertiary/aromatic N) is 1. The molecule has 1 aromatic heterocycles. The van der Waals surface area contributed by atoms with Crippen molar-refractivity contribution in [3.8, 4) is 0 Å². The summed E-state index contributed by atoms with van der Waals surface area (Å²) in [4.78, 5) is 4.09. The first-order chi connectivity index (χ1) is 5.74. The highest BCUT2D eigenvalue weighted by Gasteiger charge is 2.22. The smallest absolute Gasteiger partial charge is 0.129 e. The highest BCUT2D eigenvalue weighted by atomic mass is 35.5. The van der Waals surface area contributed by atoms with Crippen molar-refractivity contribution in [3.05, 3.63) is 28.5 Å². The van der Waals surface area contributed by atoms with Crippen LogP contribution in [0.3, 0.4) is 0 Å². The number of aromatic nitrogens is 1. The van der Waals surface area contributed by atoms with E-state index in [0.717, 1.165) is 18.7 Å². The van der Waals surface area contributed by atoms with E-state index in [9.17, 15) is 0 Å². The Kier molecular flexibility index (Phi) is 2.03. The minimum absolute atomic E-state index is 0.419. The molecule has 1 saturated heterocycles. The van der Waals surface area contributed by atoms with Crippen molar-refractivity contribution in [1.82, 2.24) is 4.98 Å². The predicted molar refractivity (Wildman–Crippen MR) is 47.4 cm³/mol. The minimum Gasteiger partial charge on any atom is -0.373 e. The van der Waals surface area contributed by atoms with Crippen molar-refractivity contribution in [3.63, 3.8) is 0 Å². The Morgan fingerprint density at radius 1 is 1.67 bits per heavy atom. The molecule has 2 heterocycles. The first-order valence-electron chi connectivity index (χ1n) is 3.99. The SMILES string of the molecule is Cc1cc(CC2CO2)cc(Cl)n1. The van der Waals surface area contributed by atoms with E-state index in [1.165, 1.54) is 5.56 Å². The Hall–Kier alpha value is -0.600. The second-order valence-corrected chi connectivity index (χ2v) is 3.49. The van der Waals surface area contributed by atoms with E-state index >= 15 is 0 Å². The molecule has 1 unspecified atom stereocenters. The molecule has 1 aliphatic heterocycles. The fourth-order valence-corrected chi connectivity index (χ4v) is 1.54. The number of pyridine rings is 1. The molecule has 3 heteroatoms. The van der Waals surface area contributed by atoms with Crippen molar-refractivity contribution in [2.45, 2.75) is 19.4 Å². The molecule has 0 aromatic carbocycles. The molecule has 0 saturated carbocycles. The Balaban J connectivity index is 2.18. The van der Waals surface area contributed by atoms with Gasteiger partial charge in [-0.05, 0) is 24.6 Å². The van der Waals surface area contributed by atoms with Crippen LogP contribution in [0.2, 0.25) is 5.15 Å². The number of halogens is 1. The molecule has 1 aliphatic rings. The van der Waals surface area contributed by atoms with E-state index in [1.807, 2.05) is 19.1 Å². The van der Waals surface area contributed by atoms with Gasteiger partial charge in [0.1, 0.15) is 5.15 Å².